The number of nitrogens with one attached hydrogen (secondary N) is 2. The van der Waals surface area contributed by atoms with Crippen molar-refractivity contribution >= 4 is 11.8 Å². The minimum atomic E-state index is -0.599. The van der Waals surface area contributed by atoms with E-state index in [1.54, 1.807) is 24.3 Å². The van der Waals surface area contributed by atoms with Crippen molar-refractivity contribution in [2.24, 2.45) is 5.92 Å². The van der Waals surface area contributed by atoms with Crippen molar-refractivity contribution in [3.05, 3.63) is 65.7 Å². The van der Waals surface area contributed by atoms with Gasteiger partial charge in [-0.15, -0.1) is 0 Å². The largest absolute Gasteiger partial charge is 0.494 e. The molecule has 0 spiro atoms. The van der Waals surface area contributed by atoms with Crippen LogP contribution >= 0.6 is 0 Å². The molecular formula is C25H34N2O4. The lowest BCUT2D eigenvalue weighted by molar-refractivity contribution is -0.124. The molecule has 0 aromatic heterocycles. The van der Waals surface area contributed by atoms with E-state index in [4.69, 9.17) is 9.47 Å². The van der Waals surface area contributed by atoms with Crippen LogP contribution in [-0.2, 0) is 16.0 Å². The Hall–Kier alpha value is -2.86. The topological polar surface area (TPSA) is 76.7 Å². The fourth-order valence-electron chi connectivity index (χ4n) is 3.06. The second-order valence-corrected chi connectivity index (χ2v) is 7.65. The molecule has 0 bridgehead atoms. The molecule has 0 aliphatic carbocycles. The highest BCUT2D eigenvalue weighted by Crippen LogP contribution is 2.13. The lowest BCUT2D eigenvalue weighted by atomic mass is 10.0. The van der Waals surface area contributed by atoms with Gasteiger partial charge in [-0.25, -0.2) is 0 Å². The number of rotatable bonds is 13. The Balaban J connectivity index is 1.70. The highest BCUT2D eigenvalue weighted by atomic mass is 16.5. The Labute approximate surface area is 185 Å². The second-order valence-electron chi connectivity index (χ2n) is 7.65. The van der Waals surface area contributed by atoms with Gasteiger partial charge in [-0.2, -0.15) is 0 Å². The molecule has 2 amide bonds. The molecule has 0 saturated carbocycles. The average Bonchev–Trinajstić information content (AvgIpc) is 2.77. The van der Waals surface area contributed by atoms with Crippen LogP contribution in [0.4, 0.5) is 0 Å². The summed E-state index contributed by atoms with van der Waals surface area (Å²) in [5.41, 5.74) is 1.74. The van der Waals surface area contributed by atoms with Gasteiger partial charge in [0.2, 0.25) is 5.91 Å². The smallest absolute Gasteiger partial charge is 0.251 e. The first-order valence-electron chi connectivity index (χ1n) is 10.9. The Morgan fingerprint density at radius 2 is 1.68 bits per heavy atom. The zero-order chi connectivity index (χ0) is 22.5. The molecule has 168 valence electrons. The molecule has 2 aromatic rings. The first-order chi connectivity index (χ1) is 15.0. The van der Waals surface area contributed by atoms with Gasteiger partial charge in [0.1, 0.15) is 11.8 Å². The number of ether oxygens (including phenoxy) is 2. The molecule has 2 rings (SSSR count). The Morgan fingerprint density at radius 1 is 0.968 bits per heavy atom. The molecular weight excluding hydrogens is 392 g/mol. The number of hydrogen-bond donors (Lipinski definition) is 2. The van der Waals surface area contributed by atoms with Crippen LogP contribution in [0.15, 0.2) is 54.6 Å². The summed E-state index contributed by atoms with van der Waals surface area (Å²) in [5, 5.41) is 5.74. The van der Waals surface area contributed by atoms with Crippen LogP contribution in [-0.4, -0.2) is 44.2 Å². The molecule has 1 atom stereocenters. The van der Waals surface area contributed by atoms with Gasteiger partial charge in [0.15, 0.2) is 0 Å². The van der Waals surface area contributed by atoms with Gasteiger partial charge < -0.3 is 20.1 Å². The molecule has 2 aromatic carbocycles. The SMILES string of the molecule is CCOc1ccc(C(=O)NC(C(=O)NCCCOCCc2ccccc2)C(C)C)cc1. The molecule has 0 radical (unpaired) electrons. The summed E-state index contributed by atoms with van der Waals surface area (Å²) >= 11 is 0. The van der Waals surface area contributed by atoms with E-state index < -0.39 is 6.04 Å². The number of benzene rings is 2. The van der Waals surface area contributed by atoms with Crippen LogP contribution in [0.5, 0.6) is 5.75 Å². The Morgan fingerprint density at radius 3 is 2.32 bits per heavy atom. The van der Waals surface area contributed by atoms with E-state index in [0.717, 1.165) is 12.8 Å². The Bertz CT molecular complexity index is 791. The third kappa shape index (κ3) is 8.80. The van der Waals surface area contributed by atoms with E-state index in [0.29, 0.717) is 37.7 Å². The fraction of sp³-hybridized carbons (Fsp3) is 0.440. The molecule has 0 fully saturated rings. The minimum absolute atomic E-state index is 0.0335. The first-order valence-corrected chi connectivity index (χ1v) is 10.9. The lowest BCUT2D eigenvalue weighted by Gasteiger charge is -2.22. The van der Waals surface area contributed by atoms with Crippen molar-refractivity contribution in [1.82, 2.24) is 10.6 Å². The van der Waals surface area contributed by atoms with Gasteiger partial charge in [0, 0.05) is 18.7 Å². The van der Waals surface area contributed by atoms with Crippen LogP contribution in [0.2, 0.25) is 0 Å². The zero-order valence-electron chi connectivity index (χ0n) is 18.7. The normalized spacial score (nSPS) is 11.7. The summed E-state index contributed by atoms with van der Waals surface area (Å²) in [4.78, 5) is 25.1. The van der Waals surface area contributed by atoms with Crippen molar-refractivity contribution in [3.63, 3.8) is 0 Å². The first kappa shape index (κ1) is 24.4. The maximum atomic E-state index is 12.6. The highest BCUT2D eigenvalue weighted by Gasteiger charge is 2.24. The average molecular weight is 427 g/mol. The monoisotopic (exact) mass is 426 g/mol. The maximum Gasteiger partial charge on any atom is 0.251 e. The van der Waals surface area contributed by atoms with Gasteiger partial charge in [0.25, 0.3) is 5.91 Å². The van der Waals surface area contributed by atoms with Gasteiger partial charge in [-0.1, -0.05) is 44.2 Å². The van der Waals surface area contributed by atoms with Crippen LogP contribution in [0.25, 0.3) is 0 Å². The van der Waals surface area contributed by atoms with Crippen molar-refractivity contribution < 1.29 is 19.1 Å². The summed E-state index contributed by atoms with van der Waals surface area (Å²) in [6.45, 7) is 8.04. The van der Waals surface area contributed by atoms with Crippen LogP contribution in [0.3, 0.4) is 0 Å². The summed E-state index contributed by atoms with van der Waals surface area (Å²) in [6, 6.07) is 16.5. The number of amides is 2. The fourth-order valence-corrected chi connectivity index (χ4v) is 3.06. The van der Waals surface area contributed by atoms with Gasteiger partial charge in [-0.3, -0.25) is 9.59 Å². The number of carbonyl (C=O) groups is 2. The summed E-state index contributed by atoms with van der Waals surface area (Å²) in [6.07, 6.45) is 1.60. The van der Waals surface area contributed by atoms with Crippen LogP contribution in [0.1, 0.15) is 43.1 Å². The van der Waals surface area contributed by atoms with Crippen molar-refractivity contribution in [1.29, 1.82) is 0 Å². The summed E-state index contributed by atoms with van der Waals surface area (Å²) in [5.74, 6) is 0.219. The van der Waals surface area contributed by atoms with Gasteiger partial charge in [-0.05, 0) is 55.5 Å². The number of carbonyl (C=O) groups excluding carboxylic acids is 2. The number of hydrogen-bond acceptors (Lipinski definition) is 4. The molecule has 2 N–H and O–H groups in total. The van der Waals surface area contributed by atoms with E-state index >= 15 is 0 Å². The van der Waals surface area contributed by atoms with Crippen LogP contribution in [0, 0.1) is 5.92 Å². The molecule has 0 aliphatic heterocycles. The van der Waals surface area contributed by atoms with E-state index in [1.807, 2.05) is 39.0 Å². The predicted molar refractivity (Wildman–Crippen MR) is 122 cm³/mol. The highest BCUT2D eigenvalue weighted by molar-refractivity contribution is 5.97. The predicted octanol–water partition coefficient (Wildman–Crippen LogP) is 3.61. The van der Waals surface area contributed by atoms with E-state index in [2.05, 4.69) is 22.8 Å². The lowest BCUT2D eigenvalue weighted by Crippen LogP contribution is -2.50. The molecule has 0 saturated heterocycles. The Kier molecular flexibility index (Phi) is 10.6. The molecule has 1 unspecified atom stereocenters. The third-order valence-corrected chi connectivity index (χ3v) is 4.81. The van der Waals surface area contributed by atoms with E-state index in [-0.39, 0.29) is 17.7 Å². The summed E-state index contributed by atoms with van der Waals surface area (Å²) < 4.78 is 11.0. The van der Waals surface area contributed by atoms with Crippen molar-refractivity contribution in [2.45, 2.75) is 39.7 Å². The third-order valence-electron chi connectivity index (χ3n) is 4.81. The molecule has 0 heterocycles. The molecule has 6 nitrogen and oxygen atoms in total. The van der Waals surface area contributed by atoms with Crippen molar-refractivity contribution in [3.8, 4) is 5.75 Å². The zero-order valence-corrected chi connectivity index (χ0v) is 18.7. The minimum Gasteiger partial charge on any atom is -0.494 e. The van der Waals surface area contributed by atoms with E-state index in [1.165, 1.54) is 5.56 Å². The van der Waals surface area contributed by atoms with Crippen LogP contribution < -0.4 is 15.4 Å². The van der Waals surface area contributed by atoms with Gasteiger partial charge >= 0.3 is 0 Å². The van der Waals surface area contributed by atoms with Crippen molar-refractivity contribution in [2.75, 3.05) is 26.4 Å². The quantitative estimate of drug-likeness (QED) is 0.480. The standard InChI is InChI=1S/C25H34N2O4/c1-4-31-22-13-11-21(12-14-22)24(28)27-23(19(2)3)25(29)26-16-8-17-30-18-15-20-9-6-5-7-10-20/h5-7,9-14,19,23H,4,8,15-18H2,1-3H3,(H,26,29)(H,27,28). The molecule has 0 aliphatic rings. The second kappa shape index (κ2) is 13.4. The maximum absolute atomic E-state index is 12.6. The summed E-state index contributed by atoms with van der Waals surface area (Å²) in [7, 11) is 0. The molecule has 6 heteroatoms. The van der Waals surface area contributed by atoms with E-state index in [9.17, 15) is 9.59 Å². The van der Waals surface area contributed by atoms with Gasteiger partial charge in [0.05, 0.1) is 13.2 Å². The molecule has 31 heavy (non-hydrogen) atoms.